The number of fused-ring (bicyclic) bond motifs is 1. The summed E-state index contributed by atoms with van der Waals surface area (Å²) in [5.74, 6) is 0.823. The maximum atomic E-state index is 13.9. The van der Waals surface area contributed by atoms with Gasteiger partial charge in [-0.05, 0) is 112 Å². The molecule has 12 heteroatoms. The van der Waals surface area contributed by atoms with Gasteiger partial charge in [0.2, 0.25) is 0 Å². The molecule has 0 aliphatic carbocycles. The van der Waals surface area contributed by atoms with Crippen molar-refractivity contribution in [2.45, 2.75) is 26.5 Å². The first kappa shape index (κ1) is 31.9. The van der Waals surface area contributed by atoms with Gasteiger partial charge in [0, 0.05) is 6.20 Å². The van der Waals surface area contributed by atoms with Crippen molar-refractivity contribution in [1.82, 2.24) is 4.57 Å². The summed E-state index contributed by atoms with van der Waals surface area (Å²) in [7, 11) is 1.29. The van der Waals surface area contributed by atoms with E-state index in [9.17, 15) is 14.0 Å². The van der Waals surface area contributed by atoms with Crippen molar-refractivity contribution in [3.8, 4) is 17.2 Å². The van der Waals surface area contributed by atoms with E-state index in [0.717, 1.165) is 14.7 Å². The zero-order valence-electron chi connectivity index (χ0n) is 23.9. The number of nitrogens with zero attached hydrogens (tertiary/aromatic N) is 2. The number of benzene rings is 3. The maximum Gasteiger partial charge on any atom is 0.337 e. The number of rotatable bonds is 10. The molecular formula is C32H27BrFIN2O6S. The molecule has 0 fully saturated rings. The number of halogens is 3. The summed E-state index contributed by atoms with van der Waals surface area (Å²) in [5.41, 5.74) is 2.17. The molecule has 0 amide bonds. The Labute approximate surface area is 278 Å². The molecule has 44 heavy (non-hydrogen) atoms. The first-order valence-electron chi connectivity index (χ1n) is 13.6. The summed E-state index contributed by atoms with van der Waals surface area (Å²) in [6.45, 7) is 4.89. The molecule has 8 nitrogen and oxygen atoms in total. The maximum absolute atomic E-state index is 13.9. The number of aromatic nitrogens is 1. The van der Waals surface area contributed by atoms with Gasteiger partial charge in [0.15, 0.2) is 16.3 Å². The predicted octanol–water partition coefficient (Wildman–Crippen LogP) is 5.90. The van der Waals surface area contributed by atoms with E-state index in [0.29, 0.717) is 49.8 Å². The standard InChI is InChI=1S/C32H27BrFIN2O6S/c1-4-41-25-11-8-20(15-26(25)42-5-2)28-22(31(39)40-3)16-36-32-37(28)30(38)27(44-32)14-19-12-23(33)29(24(35)13-19)43-17-18-6-9-21(34)10-7-18/h6-16,28H,4-5,17H2,1-3H3/b27-14-/t28-/m0/s1. The number of hydrogen-bond donors (Lipinski definition) is 0. The Morgan fingerprint density at radius 2 is 1.80 bits per heavy atom. The summed E-state index contributed by atoms with van der Waals surface area (Å²) in [5, 5.41) is 0. The Kier molecular flexibility index (Phi) is 10.2. The molecule has 4 aromatic rings. The van der Waals surface area contributed by atoms with Gasteiger partial charge in [0.25, 0.3) is 5.56 Å². The molecule has 1 atom stereocenters. The molecule has 0 radical (unpaired) electrons. The van der Waals surface area contributed by atoms with Crippen LogP contribution in [0.25, 0.3) is 6.08 Å². The fourth-order valence-electron chi connectivity index (χ4n) is 4.68. The van der Waals surface area contributed by atoms with E-state index in [1.54, 1.807) is 30.3 Å². The van der Waals surface area contributed by atoms with E-state index in [-0.39, 0.29) is 23.6 Å². The minimum atomic E-state index is -0.787. The fraction of sp³-hybridized carbons (Fsp3) is 0.219. The lowest BCUT2D eigenvalue weighted by molar-refractivity contribution is -0.136. The highest BCUT2D eigenvalue weighted by Gasteiger charge is 2.31. The molecule has 3 aromatic carbocycles. The molecule has 0 unspecified atom stereocenters. The zero-order chi connectivity index (χ0) is 31.4. The summed E-state index contributed by atoms with van der Waals surface area (Å²) in [6.07, 6.45) is 3.23. The SMILES string of the molecule is CCOc1ccc([C@H]2C(C(=O)OC)=CN=c3s/c(=C\c4cc(Br)c(OCc5ccc(F)cc5)c(I)c4)c(=O)n32)cc1OCC. The molecule has 0 saturated carbocycles. The van der Waals surface area contributed by atoms with Crippen LogP contribution in [0.5, 0.6) is 17.2 Å². The molecule has 5 rings (SSSR count). The number of ether oxygens (including phenoxy) is 4. The van der Waals surface area contributed by atoms with Gasteiger partial charge in [-0.25, -0.2) is 14.2 Å². The van der Waals surface area contributed by atoms with Crippen molar-refractivity contribution in [2.75, 3.05) is 20.3 Å². The van der Waals surface area contributed by atoms with E-state index in [1.165, 1.54) is 41.3 Å². The molecule has 1 aliphatic heterocycles. The summed E-state index contributed by atoms with van der Waals surface area (Å²) in [6, 6.07) is 14.5. The smallest absolute Gasteiger partial charge is 0.337 e. The van der Waals surface area contributed by atoms with Gasteiger partial charge in [0.1, 0.15) is 18.2 Å². The lowest BCUT2D eigenvalue weighted by Gasteiger charge is -2.23. The number of methoxy groups -OCH3 is 1. The average Bonchev–Trinajstić information content (AvgIpc) is 3.32. The Morgan fingerprint density at radius 1 is 1.07 bits per heavy atom. The highest BCUT2D eigenvalue weighted by Crippen LogP contribution is 2.35. The minimum Gasteiger partial charge on any atom is -0.490 e. The third kappa shape index (κ3) is 6.76. The molecule has 228 valence electrons. The second kappa shape index (κ2) is 14.1. The van der Waals surface area contributed by atoms with Gasteiger partial charge >= 0.3 is 5.97 Å². The number of thiazole rings is 1. The third-order valence-electron chi connectivity index (χ3n) is 6.62. The van der Waals surface area contributed by atoms with Crippen LogP contribution < -0.4 is 29.1 Å². The molecular weight excluding hydrogens is 766 g/mol. The van der Waals surface area contributed by atoms with E-state index < -0.39 is 12.0 Å². The van der Waals surface area contributed by atoms with Crippen LogP contribution in [0.3, 0.4) is 0 Å². The predicted molar refractivity (Wildman–Crippen MR) is 178 cm³/mol. The Balaban J connectivity index is 1.54. The normalized spacial score (nSPS) is 14.4. The second-order valence-electron chi connectivity index (χ2n) is 9.48. The zero-order valence-corrected chi connectivity index (χ0v) is 28.5. The minimum absolute atomic E-state index is 0.220. The van der Waals surface area contributed by atoms with Gasteiger partial charge in [0.05, 0.1) is 44.5 Å². The summed E-state index contributed by atoms with van der Waals surface area (Å²) >= 11 is 6.99. The molecule has 1 aliphatic rings. The Morgan fingerprint density at radius 3 is 2.48 bits per heavy atom. The van der Waals surface area contributed by atoms with Gasteiger partial charge in [-0.3, -0.25) is 9.36 Å². The third-order valence-corrected chi connectivity index (χ3v) is 9.01. The number of carbonyl (C=O) groups excluding carboxylic acids is 1. The van der Waals surface area contributed by atoms with Gasteiger partial charge in [-0.2, -0.15) is 0 Å². The monoisotopic (exact) mass is 792 g/mol. The lowest BCUT2D eigenvalue weighted by atomic mass is 9.97. The van der Waals surface area contributed by atoms with E-state index >= 15 is 0 Å². The van der Waals surface area contributed by atoms with Crippen molar-refractivity contribution < 1.29 is 28.1 Å². The lowest BCUT2D eigenvalue weighted by Crippen LogP contribution is -2.39. The van der Waals surface area contributed by atoms with Gasteiger partial charge in [-0.15, -0.1) is 0 Å². The van der Waals surface area contributed by atoms with Crippen LogP contribution in [-0.4, -0.2) is 30.9 Å². The van der Waals surface area contributed by atoms with Crippen molar-refractivity contribution in [3.05, 3.63) is 117 Å². The van der Waals surface area contributed by atoms with Crippen molar-refractivity contribution in [2.24, 2.45) is 4.99 Å². The van der Waals surface area contributed by atoms with Crippen LogP contribution in [0.2, 0.25) is 0 Å². The first-order valence-corrected chi connectivity index (χ1v) is 16.3. The van der Waals surface area contributed by atoms with Crippen LogP contribution in [0.4, 0.5) is 4.39 Å². The quantitative estimate of drug-likeness (QED) is 0.147. The topological polar surface area (TPSA) is 88.4 Å². The molecule has 1 aromatic heterocycles. The van der Waals surface area contributed by atoms with Crippen LogP contribution in [0.15, 0.2) is 80.6 Å². The van der Waals surface area contributed by atoms with Crippen LogP contribution >= 0.6 is 49.9 Å². The number of carbonyl (C=O) groups is 1. The largest absolute Gasteiger partial charge is 0.490 e. The Bertz CT molecular complexity index is 1900. The molecule has 0 saturated heterocycles. The highest BCUT2D eigenvalue weighted by atomic mass is 127. The number of hydrogen-bond acceptors (Lipinski definition) is 8. The average molecular weight is 793 g/mol. The van der Waals surface area contributed by atoms with Crippen LogP contribution in [0.1, 0.15) is 36.6 Å². The summed E-state index contributed by atoms with van der Waals surface area (Å²) < 4.78 is 39.3. The van der Waals surface area contributed by atoms with Gasteiger partial charge in [-0.1, -0.05) is 29.5 Å². The Hall–Kier alpha value is -3.49. The van der Waals surface area contributed by atoms with Gasteiger partial charge < -0.3 is 18.9 Å². The first-order chi connectivity index (χ1) is 21.2. The molecule has 0 bridgehead atoms. The van der Waals surface area contributed by atoms with E-state index in [1.807, 2.05) is 32.0 Å². The highest BCUT2D eigenvalue weighted by molar-refractivity contribution is 14.1. The van der Waals surface area contributed by atoms with Crippen molar-refractivity contribution in [1.29, 1.82) is 0 Å². The molecule has 2 heterocycles. The molecule has 0 N–H and O–H groups in total. The fourth-order valence-corrected chi connectivity index (χ4v) is 7.41. The van der Waals surface area contributed by atoms with Crippen LogP contribution in [-0.2, 0) is 16.1 Å². The van der Waals surface area contributed by atoms with Crippen LogP contribution in [0, 0.1) is 9.39 Å². The molecule has 0 spiro atoms. The van der Waals surface area contributed by atoms with Crippen molar-refractivity contribution in [3.63, 3.8) is 0 Å². The number of esters is 1. The van der Waals surface area contributed by atoms with Crippen molar-refractivity contribution >= 4 is 61.9 Å². The van der Waals surface area contributed by atoms with E-state index in [4.69, 9.17) is 18.9 Å². The second-order valence-corrected chi connectivity index (χ2v) is 12.5. The summed E-state index contributed by atoms with van der Waals surface area (Å²) in [4.78, 5) is 31.7. The van der Waals surface area contributed by atoms with E-state index in [2.05, 4.69) is 43.5 Å².